The van der Waals surface area contributed by atoms with Gasteiger partial charge in [-0.25, -0.2) is 0 Å². The van der Waals surface area contributed by atoms with Gasteiger partial charge >= 0.3 is 0 Å². The topological polar surface area (TPSA) is 104 Å². The number of benzene rings is 2. The largest absolute Gasteiger partial charge is 0.497 e. The number of hydrogen-bond donors (Lipinski definition) is 0. The van der Waals surface area contributed by atoms with Crippen LogP contribution in [-0.2, 0) is 36.6 Å². The second-order valence-electron chi connectivity index (χ2n) is 11.5. The summed E-state index contributed by atoms with van der Waals surface area (Å²) in [7, 11) is 0.864. The molecule has 0 amide bonds. The molecule has 1 heterocycles. The van der Waals surface area contributed by atoms with Crippen molar-refractivity contribution in [2.45, 2.75) is 102 Å². The normalized spacial score (nSPS) is 23.1. The highest BCUT2D eigenvalue weighted by Gasteiger charge is 2.54. The Kier molecular flexibility index (Phi) is 12.7. The smallest absolute Gasteiger partial charge is 0.201 e. The third-order valence-corrected chi connectivity index (χ3v) is 14.2. The van der Waals surface area contributed by atoms with Crippen LogP contribution in [0.15, 0.2) is 59.7 Å². The Labute approximate surface area is 246 Å². The van der Waals surface area contributed by atoms with Crippen molar-refractivity contribution in [3.05, 3.63) is 76.2 Å². The van der Waals surface area contributed by atoms with Crippen molar-refractivity contribution < 1.29 is 28.1 Å². The lowest BCUT2D eigenvalue weighted by Crippen LogP contribution is -2.65. The van der Waals surface area contributed by atoms with Crippen LogP contribution in [0.25, 0.3) is 10.4 Å². The van der Waals surface area contributed by atoms with E-state index in [1.807, 2.05) is 54.6 Å². The first-order valence-electron chi connectivity index (χ1n) is 14.4. The van der Waals surface area contributed by atoms with E-state index in [9.17, 15) is 0 Å². The number of azide groups is 1. The predicted molar refractivity (Wildman–Crippen MR) is 162 cm³/mol. The molecule has 10 heteroatoms. The number of methoxy groups -OCH3 is 2. The van der Waals surface area contributed by atoms with E-state index in [-0.39, 0.29) is 6.54 Å². The molecule has 0 N–H and O–H groups in total. The molecule has 1 fully saturated rings. The summed E-state index contributed by atoms with van der Waals surface area (Å²) in [5, 5.41) is 3.84. The highest BCUT2D eigenvalue weighted by atomic mass is 28.4. The second-order valence-corrected chi connectivity index (χ2v) is 16.9. The van der Waals surface area contributed by atoms with Crippen molar-refractivity contribution in [2.75, 3.05) is 20.8 Å². The molecule has 0 saturated carbocycles. The summed E-state index contributed by atoms with van der Waals surface area (Å²) in [6.07, 6.45) is -3.00. The van der Waals surface area contributed by atoms with Gasteiger partial charge in [-0.2, -0.15) is 0 Å². The van der Waals surface area contributed by atoms with Crippen molar-refractivity contribution in [1.82, 2.24) is 0 Å². The number of ether oxygens (including phenoxy) is 5. The molecule has 1 aliphatic rings. The lowest BCUT2D eigenvalue weighted by Gasteiger charge is -2.51. The van der Waals surface area contributed by atoms with E-state index in [1.54, 1.807) is 14.2 Å². The molecule has 0 radical (unpaired) electrons. The van der Waals surface area contributed by atoms with Crippen LogP contribution < -0.4 is 4.74 Å². The van der Waals surface area contributed by atoms with E-state index in [4.69, 9.17) is 33.6 Å². The molecule has 0 unspecified atom stereocenters. The molecule has 5 atom stereocenters. The van der Waals surface area contributed by atoms with Gasteiger partial charge < -0.3 is 28.1 Å². The molecular weight excluding hydrogens is 538 g/mol. The maximum atomic E-state index is 9.14. The summed E-state index contributed by atoms with van der Waals surface area (Å²) < 4.78 is 38.2. The minimum Gasteiger partial charge on any atom is -0.497 e. The molecule has 1 saturated heterocycles. The van der Waals surface area contributed by atoms with Gasteiger partial charge in [0.15, 0.2) is 6.29 Å². The Morgan fingerprint density at radius 1 is 0.805 bits per heavy atom. The van der Waals surface area contributed by atoms with Crippen LogP contribution in [0.3, 0.4) is 0 Å². The van der Waals surface area contributed by atoms with Gasteiger partial charge in [0.1, 0.15) is 24.1 Å². The zero-order valence-corrected chi connectivity index (χ0v) is 26.7. The maximum Gasteiger partial charge on any atom is 0.201 e. The fourth-order valence-corrected chi connectivity index (χ4v) is 11.7. The lowest BCUT2D eigenvalue weighted by molar-refractivity contribution is -0.302. The van der Waals surface area contributed by atoms with E-state index >= 15 is 0 Å². The zero-order chi connectivity index (χ0) is 30.0. The standard InChI is InChI=1S/C31H47N3O6Si/c1-21(2)41(22(3)4,23(5)6)40-30-29(38-19-24-12-10-9-11-13-24)28(27(18-33-34-32)39-31(30)36-8)37-20-25-14-16-26(35-7)17-15-25/h9-17,21-23,27-31H,18-20H2,1-8H3/t27-,28-,29+,30+,31-/m1/s1. The summed E-state index contributed by atoms with van der Waals surface area (Å²) in [4.78, 5) is 2.99. The molecule has 0 aliphatic carbocycles. The van der Waals surface area contributed by atoms with E-state index in [0.717, 1.165) is 16.9 Å². The highest BCUT2D eigenvalue weighted by Crippen LogP contribution is 2.45. The molecule has 41 heavy (non-hydrogen) atoms. The van der Waals surface area contributed by atoms with E-state index in [1.165, 1.54) is 0 Å². The quantitative estimate of drug-likeness (QED) is 0.0933. The lowest BCUT2D eigenvalue weighted by atomic mass is 9.98. The molecule has 0 spiro atoms. The number of hydrogen-bond acceptors (Lipinski definition) is 7. The summed E-state index contributed by atoms with van der Waals surface area (Å²) in [6, 6.07) is 17.8. The van der Waals surface area contributed by atoms with Crippen LogP contribution in [0.4, 0.5) is 0 Å². The molecule has 3 rings (SSSR count). The molecule has 226 valence electrons. The van der Waals surface area contributed by atoms with Gasteiger partial charge in [0.05, 0.1) is 33.0 Å². The van der Waals surface area contributed by atoms with E-state index in [2.05, 4.69) is 51.6 Å². The first kappa shape index (κ1) is 33.1. The zero-order valence-electron chi connectivity index (χ0n) is 25.7. The molecule has 2 aromatic carbocycles. The summed E-state index contributed by atoms with van der Waals surface area (Å²) in [5.41, 5.74) is 12.2. The maximum absolute atomic E-state index is 9.14. The Hall–Kier alpha value is -2.43. The molecule has 9 nitrogen and oxygen atoms in total. The van der Waals surface area contributed by atoms with Crippen LogP contribution in [0.2, 0.25) is 16.6 Å². The summed E-state index contributed by atoms with van der Waals surface area (Å²) in [5.74, 6) is 0.772. The predicted octanol–water partition coefficient (Wildman–Crippen LogP) is 7.41. The summed E-state index contributed by atoms with van der Waals surface area (Å²) in [6.45, 7) is 14.2. The Bertz CT molecular complexity index is 1070. The van der Waals surface area contributed by atoms with E-state index in [0.29, 0.717) is 29.8 Å². The molecule has 0 aromatic heterocycles. The monoisotopic (exact) mass is 585 g/mol. The van der Waals surface area contributed by atoms with E-state index < -0.39 is 39.0 Å². The van der Waals surface area contributed by atoms with Crippen LogP contribution in [0.5, 0.6) is 5.75 Å². The average molecular weight is 586 g/mol. The number of rotatable bonds is 15. The van der Waals surface area contributed by atoms with Crippen molar-refractivity contribution in [2.24, 2.45) is 5.11 Å². The van der Waals surface area contributed by atoms with Gasteiger partial charge in [-0.05, 0) is 45.4 Å². The van der Waals surface area contributed by atoms with Gasteiger partial charge in [0, 0.05) is 12.0 Å². The third kappa shape index (κ3) is 8.11. The van der Waals surface area contributed by atoms with Crippen LogP contribution >= 0.6 is 0 Å². The Balaban J connectivity index is 2.04. The fourth-order valence-electron chi connectivity index (χ4n) is 6.17. The van der Waals surface area contributed by atoms with Gasteiger partial charge in [-0.1, -0.05) is 89.1 Å². The Morgan fingerprint density at radius 2 is 1.37 bits per heavy atom. The molecular formula is C31H47N3O6Si. The molecule has 2 aromatic rings. The van der Waals surface area contributed by atoms with Gasteiger partial charge in [-0.3, -0.25) is 0 Å². The highest BCUT2D eigenvalue weighted by molar-refractivity contribution is 6.77. The van der Waals surface area contributed by atoms with Gasteiger partial charge in [-0.15, -0.1) is 0 Å². The summed E-state index contributed by atoms with van der Waals surface area (Å²) >= 11 is 0. The molecule has 1 aliphatic heterocycles. The minimum atomic E-state index is -2.39. The van der Waals surface area contributed by atoms with Gasteiger partial charge in [0.2, 0.25) is 8.32 Å². The van der Waals surface area contributed by atoms with Crippen molar-refractivity contribution >= 4 is 8.32 Å². The van der Waals surface area contributed by atoms with Crippen LogP contribution in [0.1, 0.15) is 52.7 Å². The van der Waals surface area contributed by atoms with Crippen molar-refractivity contribution in [1.29, 1.82) is 0 Å². The first-order valence-corrected chi connectivity index (χ1v) is 16.6. The second kappa shape index (κ2) is 15.7. The van der Waals surface area contributed by atoms with Gasteiger partial charge in [0.25, 0.3) is 0 Å². The average Bonchev–Trinajstić information content (AvgIpc) is 2.97. The minimum absolute atomic E-state index is 0.0721. The Morgan fingerprint density at radius 3 is 1.88 bits per heavy atom. The fraction of sp³-hybridized carbons (Fsp3) is 0.613. The molecule has 0 bridgehead atoms. The first-order chi connectivity index (χ1) is 19.7. The SMILES string of the molecule is COc1ccc(CO[C@H]2[C@H](OCc3ccccc3)[C@H](O[Si](C(C)C)(C(C)C)C(C)C)[C@H](OC)O[C@@H]2CN=[N+]=[N-])cc1. The number of nitrogens with zero attached hydrogens (tertiary/aromatic N) is 3. The van der Waals surface area contributed by atoms with Crippen LogP contribution in [0, 0.1) is 0 Å². The van der Waals surface area contributed by atoms with Crippen molar-refractivity contribution in [3.63, 3.8) is 0 Å². The van der Waals surface area contributed by atoms with Crippen molar-refractivity contribution in [3.8, 4) is 5.75 Å². The van der Waals surface area contributed by atoms with Crippen LogP contribution in [-0.4, -0.2) is 59.8 Å². The third-order valence-electron chi connectivity index (χ3n) is 8.08.